The van der Waals surface area contributed by atoms with E-state index in [-0.39, 0.29) is 0 Å². The van der Waals surface area contributed by atoms with Crippen molar-refractivity contribution in [2.75, 3.05) is 13.7 Å². The number of ether oxygens (including phenoxy) is 1. The fourth-order valence-corrected chi connectivity index (χ4v) is 3.68. The van der Waals surface area contributed by atoms with E-state index in [9.17, 15) is 4.79 Å². The minimum absolute atomic E-state index is 0.303. The summed E-state index contributed by atoms with van der Waals surface area (Å²) in [7, 11) is 1.70. The first-order valence-corrected chi connectivity index (χ1v) is 7.17. The number of rotatable bonds is 1. The van der Waals surface area contributed by atoms with E-state index in [1.165, 1.54) is 21.9 Å². The summed E-state index contributed by atoms with van der Waals surface area (Å²) < 4.78 is 5.30. The smallest absolute Gasteiger partial charge is 0.223 e. The molecule has 2 heterocycles. The standard InChI is InChI=1S/C17H17NO2/c1-20-12-3-5-13-11(10-12)2-4-15-14(13)8-9-18-16(15)6-7-17(18)19/h2-5,10,16H,6-9H2,1H3/t16-/m1/s1. The van der Waals surface area contributed by atoms with Gasteiger partial charge in [0, 0.05) is 13.0 Å². The lowest BCUT2D eigenvalue weighted by Gasteiger charge is -2.32. The van der Waals surface area contributed by atoms with Crippen LogP contribution in [0.4, 0.5) is 0 Å². The van der Waals surface area contributed by atoms with Gasteiger partial charge in [0.25, 0.3) is 0 Å². The van der Waals surface area contributed by atoms with Crippen LogP contribution in [0.3, 0.4) is 0 Å². The summed E-state index contributed by atoms with van der Waals surface area (Å²) >= 11 is 0. The predicted octanol–water partition coefficient (Wildman–Crippen LogP) is 3.07. The maximum absolute atomic E-state index is 11.9. The van der Waals surface area contributed by atoms with E-state index in [0.29, 0.717) is 18.4 Å². The maximum atomic E-state index is 11.9. The number of carbonyl (C=O) groups is 1. The lowest BCUT2D eigenvalue weighted by atomic mass is 9.88. The topological polar surface area (TPSA) is 29.5 Å². The van der Waals surface area contributed by atoms with Crippen molar-refractivity contribution < 1.29 is 9.53 Å². The van der Waals surface area contributed by atoms with Crippen molar-refractivity contribution in [3.8, 4) is 5.75 Å². The van der Waals surface area contributed by atoms with Gasteiger partial charge >= 0.3 is 0 Å². The van der Waals surface area contributed by atoms with E-state index in [4.69, 9.17) is 4.74 Å². The lowest BCUT2D eigenvalue weighted by molar-refractivity contribution is -0.129. The van der Waals surface area contributed by atoms with Crippen LogP contribution < -0.4 is 4.74 Å². The molecule has 2 aromatic carbocycles. The summed E-state index contributed by atoms with van der Waals surface area (Å²) in [4.78, 5) is 13.9. The van der Waals surface area contributed by atoms with Gasteiger partial charge < -0.3 is 9.64 Å². The van der Waals surface area contributed by atoms with Gasteiger partial charge in [-0.05, 0) is 46.9 Å². The zero-order valence-electron chi connectivity index (χ0n) is 11.6. The van der Waals surface area contributed by atoms with Crippen molar-refractivity contribution in [3.05, 3.63) is 41.5 Å². The average Bonchev–Trinajstić information content (AvgIpc) is 2.88. The van der Waals surface area contributed by atoms with Crippen molar-refractivity contribution >= 4 is 16.7 Å². The quantitative estimate of drug-likeness (QED) is 0.794. The second-order valence-electron chi connectivity index (χ2n) is 5.61. The van der Waals surface area contributed by atoms with E-state index in [1.54, 1.807) is 7.11 Å². The maximum Gasteiger partial charge on any atom is 0.223 e. The molecule has 2 aliphatic rings. The van der Waals surface area contributed by atoms with Gasteiger partial charge in [0.05, 0.1) is 13.2 Å². The second-order valence-corrected chi connectivity index (χ2v) is 5.61. The fraction of sp³-hybridized carbons (Fsp3) is 0.353. The molecule has 0 spiro atoms. The van der Waals surface area contributed by atoms with Crippen LogP contribution in [0.2, 0.25) is 0 Å². The molecule has 0 aliphatic carbocycles. The Morgan fingerprint density at radius 1 is 1.20 bits per heavy atom. The fourth-order valence-electron chi connectivity index (χ4n) is 3.68. The number of nitrogens with zero attached hydrogens (tertiary/aromatic N) is 1. The van der Waals surface area contributed by atoms with Crippen LogP contribution in [0.5, 0.6) is 5.75 Å². The van der Waals surface area contributed by atoms with Gasteiger partial charge in [0.1, 0.15) is 5.75 Å². The highest BCUT2D eigenvalue weighted by Crippen LogP contribution is 2.41. The summed E-state index contributed by atoms with van der Waals surface area (Å²) in [5.74, 6) is 1.21. The number of hydrogen-bond donors (Lipinski definition) is 0. The highest BCUT2D eigenvalue weighted by Gasteiger charge is 2.36. The number of methoxy groups -OCH3 is 1. The van der Waals surface area contributed by atoms with Crippen LogP contribution in [-0.2, 0) is 11.2 Å². The summed E-state index contributed by atoms with van der Waals surface area (Å²) in [6, 6.07) is 10.9. The van der Waals surface area contributed by atoms with Gasteiger partial charge in [0.15, 0.2) is 0 Å². The van der Waals surface area contributed by atoms with Crippen LogP contribution in [0.15, 0.2) is 30.3 Å². The molecular weight excluding hydrogens is 250 g/mol. The first-order chi connectivity index (χ1) is 9.78. The van der Waals surface area contributed by atoms with Gasteiger partial charge in [-0.15, -0.1) is 0 Å². The first kappa shape index (κ1) is 11.8. The van der Waals surface area contributed by atoms with E-state index < -0.39 is 0 Å². The Morgan fingerprint density at radius 2 is 2.10 bits per heavy atom. The third-order valence-corrected chi connectivity index (χ3v) is 4.66. The Bertz CT molecular complexity index is 707. The molecule has 1 amide bonds. The predicted molar refractivity (Wildman–Crippen MR) is 77.9 cm³/mol. The van der Waals surface area contributed by atoms with E-state index in [1.807, 2.05) is 6.07 Å². The average molecular weight is 267 g/mol. The molecule has 0 N–H and O–H groups in total. The SMILES string of the molecule is COc1ccc2c3c(ccc2c1)[C@H]1CCC(=O)N1CC3. The molecular formula is C17H17NO2. The minimum Gasteiger partial charge on any atom is -0.497 e. The molecule has 0 radical (unpaired) electrons. The molecule has 3 nitrogen and oxygen atoms in total. The van der Waals surface area contributed by atoms with E-state index in [2.05, 4.69) is 29.2 Å². The number of carbonyl (C=O) groups excluding carboxylic acids is 1. The Labute approximate surface area is 118 Å². The van der Waals surface area contributed by atoms with Crippen LogP contribution in [-0.4, -0.2) is 24.5 Å². The minimum atomic E-state index is 0.303. The highest BCUT2D eigenvalue weighted by molar-refractivity contribution is 5.89. The Morgan fingerprint density at radius 3 is 2.95 bits per heavy atom. The molecule has 4 rings (SSSR count). The van der Waals surface area contributed by atoms with Gasteiger partial charge in [0.2, 0.25) is 5.91 Å². The molecule has 102 valence electrons. The Balaban J connectivity index is 1.89. The van der Waals surface area contributed by atoms with Crippen molar-refractivity contribution in [1.82, 2.24) is 4.90 Å². The lowest BCUT2D eigenvalue weighted by Crippen LogP contribution is -2.34. The highest BCUT2D eigenvalue weighted by atomic mass is 16.5. The second kappa shape index (κ2) is 4.23. The molecule has 20 heavy (non-hydrogen) atoms. The molecule has 2 aliphatic heterocycles. The monoisotopic (exact) mass is 267 g/mol. The summed E-state index contributed by atoms with van der Waals surface area (Å²) in [6.07, 6.45) is 2.62. The summed E-state index contributed by atoms with van der Waals surface area (Å²) in [5.41, 5.74) is 2.76. The number of fused-ring (bicyclic) bond motifs is 5. The molecule has 0 bridgehead atoms. The van der Waals surface area contributed by atoms with Crippen molar-refractivity contribution in [2.24, 2.45) is 0 Å². The van der Waals surface area contributed by atoms with Crippen LogP contribution in [0, 0.1) is 0 Å². The summed E-state index contributed by atoms with van der Waals surface area (Å²) in [5, 5.41) is 2.53. The molecule has 1 atom stereocenters. The number of amides is 1. The Hall–Kier alpha value is -2.03. The molecule has 0 saturated carbocycles. The molecule has 3 heteroatoms. The summed E-state index contributed by atoms with van der Waals surface area (Å²) in [6.45, 7) is 0.863. The van der Waals surface area contributed by atoms with Gasteiger partial charge in [-0.3, -0.25) is 4.79 Å². The molecule has 0 aromatic heterocycles. The van der Waals surface area contributed by atoms with Crippen molar-refractivity contribution in [2.45, 2.75) is 25.3 Å². The third-order valence-electron chi connectivity index (χ3n) is 4.66. The van der Waals surface area contributed by atoms with Crippen LogP contribution in [0.25, 0.3) is 10.8 Å². The van der Waals surface area contributed by atoms with Crippen molar-refractivity contribution in [1.29, 1.82) is 0 Å². The van der Waals surface area contributed by atoms with Gasteiger partial charge in [-0.1, -0.05) is 18.2 Å². The zero-order valence-corrected chi connectivity index (χ0v) is 11.6. The molecule has 2 aromatic rings. The normalized spacial score (nSPS) is 20.9. The van der Waals surface area contributed by atoms with Crippen LogP contribution in [0.1, 0.15) is 30.0 Å². The van der Waals surface area contributed by atoms with E-state index in [0.717, 1.165) is 25.1 Å². The third kappa shape index (κ3) is 1.56. The van der Waals surface area contributed by atoms with Crippen LogP contribution >= 0.6 is 0 Å². The molecule has 1 fully saturated rings. The first-order valence-electron chi connectivity index (χ1n) is 7.17. The largest absolute Gasteiger partial charge is 0.497 e. The molecule has 0 unspecified atom stereocenters. The molecule has 1 saturated heterocycles. The van der Waals surface area contributed by atoms with E-state index >= 15 is 0 Å². The van der Waals surface area contributed by atoms with Gasteiger partial charge in [-0.2, -0.15) is 0 Å². The number of hydrogen-bond acceptors (Lipinski definition) is 2. The van der Waals surface area contributed by atoms with Gasteiger partial charge in [-0.25, -0.2) is 0 Å². The van der Waals surface area contributed by atoms with Crippen molar-refractivity contribution in [3.63, 3.8) is 0 Å². The zero-order chi connectivity index (χ0) is 13.7. The number of benzene rings is 2. The Kier molecular flexibility index (Phi) is 2.49.